The zero-order valence-corrected chi connectivity index (χ0v) is 14.3. The molecule has 0 fully saturated rings. The minimum Gasteiger partial charge on any atom is -0.435 e. The second kappa shape index (κ2) is 9.68. The average Bonchev–Trinajstić information content (AvgIpc) is 2.62. The molecular formula is C18H22O7. The highest BCUT2D eigenvalue weighted by Crippen LogP contribution is 2.28. The molecule has 1 aromatic carbocycles. The van der Waals surface area contributed by atoms with Gasteiger partial charge in [-0.3, -0.25) is 0 Å². The molecule has 7 heteroatoms. The maximum absolute atomic E-state index is 11.6. The molecule has 0 amide bonds. The molecule has 1 heterocycles. The number of hydrogen-bond acceptors (Lipinski definition) is 7. The third kappa shape index (κ3) is 5.79. The Hall–Kier alpha value is -2.54. The van der Waals surface area contributed by atoms with Crippen molar-refractivity contribution in [2.24, 2.45) is 0 Å². The molecule has 25 heavy (non-hydrogen) atoms. The molecule has 1 aromatic rings. The Kier molecular flexibility index (Phi) is 7.28. The van der Waals surface area contributed by atoms with Crippen LogP contribution in [0.2, 0.25) is 0 Å². The van der Waals surface area contributed by atoms with E-state index >= 15 is 0 Å². The summed E-state index contributed by atoms with van der Waals surface area (Å²) in [6.07, 6.45) is 0.153. The third-order valence-corrected chi connectivity index (χ3v) is 3.41. The van der Waals surface area contributed by atoms with Gasteiger partial charge in [0.25, 0.3) is 0 Å². The van der Waals surface area contributed by atoms with Crippen LogP contribution in [0.25, 0.3) is 0 Å². The fourth-order valence-corrected chi connectivity index (χ4v) is 2.30. The van der Waals surface area contributed by atoms with Crippen LogP contribution in [-0.2, 0) is 23.7 Å². The molecule has 0 saturated carbocycles. The first kappa shape index (κ1) is 18.8. The van der Waals surface area contributed by atoms with Gasteiger partial charge in [0.15, 0.2) is 6.10 Å². The van der Waals surface area contributed by atoms with Crippen LogP contribution in [0.4, 0.5) is 9.59 Å². The van der Waals surface area contributed by atoms with Crippen molar-refractivity contribution in [3.8, 4) is 0 Å². The number of carbonyl (C=O) groups excluding carboxylic acids is 2. The average molecular weight is 350 g/mol. The first-order valence-corrected chi connectivity index (χ1v) is 8.15. The molecule has 0 N–H and O–H groups in total. The smallest absolute Gasteiger partial charge is 0.435 e. The van der Waals surface area contributed by atoms with E-state index in [0.717, 1.165) is 5.56 Å². The first-order chi connectivity index (χ1) is 12.1. The van der Waals surface area contributed by atoms with Gasteiger partial charge in [-0.05, 0) is 25.5 Å². The zero-order valence-electron chi connectivity index (χ0n) is 14.3. The summed E-state index contributed by atoms with van der Waals surface area (Å²) in [7, 11) is 0. The van der Waals surface area contributed by atoms with Crippen LogP contribution in [0, 0.1) is 0 Å². The van der Waals surface area contributed by atoms with Crippen LogP contribution >= 0.6 is 0 Å². The minimum atomic E-state index is -0.806. The maximum Gasteiger partial charge on any atom is 0.508 e. The number of rotatable bonds is 6. The minimum absolute atomic E-state index is 0.115. The standard InChI is InChI=1S/C18H22O7/c1-3-21-17(19)23-12-16-15(25-18(20)22-4-2)11-10-14(24-16)13-8-6-5-7-9-13/h5-11,14-16H,3-4,12H2,1-2H3/t14-,15+,16+/m0/s1. The third-order valence-electron chi connectivity index (χ3n) is 3.41. The molecule has 0 unspecified atom stereocenters. The Morgan fingerprint density at radius 2 is 1.64 bits per heavy atom. The Labute approximate surface area is 146 Å². The lowest BCUT2D eigenvalue weighted by molar-refractivity contribution is -0.0995. The van der Waals surface area contributed by atoms with E-state index in [0.29, 0.717) is 0 Å². The Morgan fingerprint density at radius 1 is 0.960 bits per heavy atom. The second-order valence-corrected chi connectivity index (χ2v) is 5.15. The van der Waals surface area contributed by atoms with Gasteiger partial charge in [0.1, 0.15) is 18.8 Å². The molecule has 0 bridgehead atoms. The Morgan fingerprint density at radius 3 is 2.32 bits per heavy atom. The van der Waals surface area contributed by atoms with Crippen molar-refractivity contribution in [3.63, 3.8) is 0 Å². The summed E-state index contributed by atoms with van der Waals surface area (Å²) in [4.78, 5) is 23.0. The highest BCUT2D eigenvalue weighted by Gasteiger charge is 2.32. The van der Waals surface area contributed by atoms with Gasteiger partial charge in [0, 0.05) is 0 Å². The molecule has 3 atom stereocenters. The molecule has 136 valence electrons. The number of ether oxygens (including phenoxy) is 5. The zero-order chi connectivity index (χ0) is 18.1. The lowest BCUT2D eigenvalue weighted by Crippen LogP contribution is -2.40. The van der Waals surface area contributed by atoms with Crippen LogP contribution in [0.5, 0.6) is 0 Å². The topological polar surface area (TPSA) is 80.3 Å². The molecule has 0 aliphatic carbocycles. The Balaban J connectivity index is 2.06. The fourth-order valence-electron chi connectivity index (χ4n) is 2.30. The predicted molar refractivity (Wildman–Crippen MR) is 88.1 cm³/mol. The van der Waals surface area contributed by atoms with E-state index in [1.165, 1.54) is 0 Å². The van der Waals surface area contributed by atoms with Gasteiger partial charge < -0.3 is 23.7 Å². The van der Waals surface area contributed by atoms with Crippen molar-refractivity contribution < 1.29 is 33.3 Å². The molecule has 0 saturated heterocycles. The summed E-state index contributed by atoms with van der Waals surface area (Å²) in [6, 6.07) is 9.55. The van der Waals surface area contributed by atoms with Crippen molar-refractivity contribution >= 4 is 12.3 Å². The monoisotopic (exact) mass is 350 g/mol. The lowest BCUT2D eigenvalue weighted by atomic mass is 10.0. The molecule has 0 radical (unpaired) electrons. The van der Waals surface area contributed by atoms with Crippen molar-refractivity contribution in [3.05, 3.63) is 48.0 Å². The molecule has 2 rings (SSSR count). The second-order valence-electron chi connectivity index (χ2n) is 5.15. The number of carbonyl (C=O) groups is 2. The van der Waals surface area contributed by atoms with E-state index in [1.807, 2.05) is 30.3 Å². The quantitative estimate of drug-likeness (QED) is 0.574. The molecule has 0 aromatic heterocycles. The van der Waals surface area contributed by atoms with E-state index in [2.05, 4.69) is 0 Å². The summed E-state index contributed by atoms with van der Waals surface area (Å²) < 4.78 is 25.7. The van der Waals surface area contributed by atoms with E-state index in [9.17, 15) is 9.59 Å². The summed E-state index contributed by atoms with van der Waals surface area (Å²) in [5.41, 5.74) is 0.939. The number of hydrogen-bond donors (Lipinski definition) is 0. The molecule has 7 nitrogen and oxygen atoms in total. The SMILES string of the molecule is CCOC(=O)OC[C@H]1O[C@H](c2ccccc2)C=C[C@H]1OC(=O)OCC. The maximum atomic E-state index is 11.6. The summed E-state index contributed by atoms with van der Waals surface area (Å²) >= 11 is 0. The molecule has 1 aliphatic rings. The van der Waals surface area contributed by atoms with Crippen LogP contribution < -0.4 is 0 Å². The van der Waals surface area contributed by atoms with Crippen molar-refractivity contribution in [1.82, 2.24) is 0 Å². The van der Waals surface area contributed by atoms with E-state index < -0.39 is 24.5 Å². The van der Waals surface area contributed by atoms with Crippen LogP contribution in [0.1, 0.15) is 25.5 Å². The van der Waals surface area contributed by atoms with Gasteiger partial charge in [-0.15, -0.1) is 0 Å². The summed E-state index contributed by atoms with van der Waals surface area (Å²) in [5, 5.41) is 0. The summed E-state index contributed by atoms with van der Waals surface area (Å²) in [6.45, 7) is 3.66. The number of benzene rings is 1. The highest BCUT2D eigenvalue weighted by atomic mass is 16.7. The molecule has 1 aliphatic heterocycles. The Bertz CT molecular complexity index is 584. The van der Waals surface area contributed by atoms with E-state index in [-0.39, 0.29) is 25.9 Å². The fraction of sp³-hybridized carbons (Fsp3) is 0.444. The van der Waals surface area contributed by atoms with Crippen molar-refractivity contribution in [2.45, 2.75) is 32.2 Å². The molecular weight excluding hydrogens is 328 g/mol. The van der Waals surface area contributed by atoms with Gasteiger partial charge in [0.05, 0.1) is 13.2 Å². The first-order valence-electron chi connectivity index (χ1n) is 8.15. The van der Waals surface area contributed by atoms with Crippen molar-refractivity contribution in [1.29, 1.82) is 0 Å². The summed E-state index contributed by atoms with van der Waals surface area (Å²) in [5.74, 6) is 0. The van der Waals surface area contributed by atoms with Gasteiger partial charge in [0.2, 0.25) is 0 Å². The lowest BCUT2D eigenvalue weighted by Gasteiger charge is -2.31. The van der Waals surface area contributed by atoms with Gasteiger partial charge >= 0.3 is 12.3 Å². The predicted octanol–water partition coefficient (Wildman–Crippen LogP) is 3.40. The van der Waals surface area contributed by atoms with Crippen LogP contribution in [-0.4, -0.2) is 44.3 Å². The highest BCUT2D eigenvalue weighted by molar-refractivity contribution is 5.61. The van der Waals surface area contributed by atoms with Crippen LogP contribution in [0.15, 0.2) is 42.5 Å². The van der Waals surface area contributed by atoms with Gasteiger partial charge in [-0.2, -0.15) is 0 Å². The largest absolute Gasteiger partial charge is 0.508 e. The normalized spacial score (nSPS) is 22.1. The van der Waals surface area contributed by atoms with Gasteiger partial charge in [-0.25, -0.2) is 9.59 Å². The van der Waals surface area contributed by atoms with Crippen LogP contribution in [0.3, 0.4) is 0 Å². The van der Waals surface area contributed by atoms with Crippen molar-refractivity contribution in [2.75, 3.05) is 19.8 Å². The van der Waals surface area contributed by atoms with E-state index in [1.54, 1.807) is 26.0 Å². The molecule has 0 spiro atoms. The van der Waals surface area contributed by atoms with Gasteiger partial charge in [-0.1, -0.05) is 36.4 Å². The van der Waals surface area contributed by atoms with E-state index in [4.69, 9.17) is 23.7 Å².